The number of rotatable bonds is 4. The highest BCUT2D eigenvalue weighted by atomic mass is 16.5. The number of carboxylic acid groups (broad SMARTS) is 1. The molecule has 0 unspecified atom stereocenters. The lowest BCUT2D eigenvalue weighted by Gasteiger charge is -2.15. The summed E-state index contributed by atoms with van der Waals surface area (Å²) >= 11 is 0. The molecule has 0 aliphatic rings. The van der Waals surface area contributed by atoms with Crippen molar-refractivity contribution in [2.45, 2.75) is 6.92 Å². The van der Waals surface area contributed by atoms with Crippen molar-refractivity contribution in [2.24, 2.45) is 0 Å². The van der Waals surface area contributed by atoms with Crippen LogP contribution in [-0.2, 0) is 9.59 Å². The minimum Gasteiger partial charge on any atom is -0.482 e. The van der Waals surface area contributed by atoms with Crippen LogP contribution in [-0.4, -0.2) is 30.6 Å². The monoisotopic (exact) mass is 223 g/mol. The van der Waals surface area contributed by atoms with Gasteiger partial charge in [-0.1, -0.05) is 0 Å². The van der Waals surface area contributed by atoms with E-state index in [1.165, 1.54) is 11.8 Å². The highest BCUT2D eigenvalue weighted by molar-refractivity contribution is 5.90. The number of carbonyl (C=O) groups excluding carboxylic acids is 1. The van der Waals surface area contributed by atoms with E-state index in [0.29, 0.717) is 5.75 Å². The minimum absolute atomic E-state index is 0.0702. The van der Waals surface area contributed by atoms with E-state index in [1.54, 1.807) is 31.3 Å². The van der Waals surface area contributed by atoms with Crippen LogP contribution in [0.15, 0.2) is 24.3 Å². The molecule has 86 valence electrons. The number of hydrogen-bond donors (Lipinski definition) is 1. The van der Waals surface area contributed by atoms with Gasteiger partial charge in [0.1, 0.15) is 5.75 Å². The van der Waals surface area contributed by atoms with Crippen LogP contribution in [0.25, 0.3) is 0 Å². The van der Waals surface area contributed by atoms with Crippen molar-refractivity contribution in [1.29, 1.82) is 0 Å². The van der Waals surface area contributed by atoms with Crippen LogP contribution < -0.4 is 9.64 Å². The van der Waals surface area contributed by atoms with Crippen LogP contribution in [0.1, 0.15) is 6.92 Å². The van der Waals surface area contributed by atoms with Crippen molar-refractivity contribution >= 4 is 17.6 Å². The molecule has 1 amide bonds. The largest absolute Gasteiger partial charge is 0.482 e. The molecule has 0 spiro atoms. The summed E-state index contributed by atoms with van der Waals surface area (Å²) in [7, 11) is 1.66. The number of amides is 1. The Morgan fingerprint density at radius 1 is 1.31 bits per heavy atom. The molecular formula is C11H13NO4. The van der Waals surface area contributed by atoms with E-state index >= 15 is 0 Å². The molecule has 1 rings (SSSR count). The Balaban J connectivity index is 2.67. The van der Waals surface area contributed by atoms with Gasteiger partial charge in [0.25, 0.3) is 0 Å². The first-order chi connectivity index (χ1) is 7.50. The van der Waals surface area contributed by atoms with Crippen molar-refractivity contribution in [3.05, 3.63) is 24.3 Å². The minimum atomic E-state index is -1.02. The zero-order valence-corrected chi connectivity index (χ0v) is 9.14. The normalized spacial score (nSPS) is 9.62. The zero-order valence-electron chi connectivity index (χ0n) is 9.14. The van der Waals surface area contributed by atoms with Crippen molar-refractivity contribution < 1.29 is 19.4 Å². The molecular weight excluding hydrogens is 210 g/mol. The lowest BCUT2D eigenvalue weighted by molar-refractivity contribution is -0.139. The Morgan fingerprint density at radius 2 is 1.88 bits per heavy atom. The van der Waals surface area contributed by atoms with E-state index in [1.807, 2.05) is 0 Å². The van der Waals surface area contributed by atoms with Crippen LogP contribution in [0.4, 0.5) is 5.69 Å². The average Bonchev–Trinajstić information content (AvgIpc) is 2.26. The number of ether oxygens (including phenoxy) is 1. The number of hydrogen-bond acceptors (Lipinski definition) is 3. The molecule has 16 heavy (non-hydrogen) atoms. The van der Waals surface area contributed by atoms with E-state index in [-0.39, 0.29) is 12.5 Å². The molecule has 1 aromatic carbocycles. The molecule has 0 radical (unpaired) electrons. The molecule has 5 heteroatoms. The summed E-state index contributed by atoms with van der Waals surface area (Å²) in [5, 5.41) is 8.41. The first-order valence-electron chi connectivity index (χ1n) is 4.69. The molecule has 0 bridgehead atoms. The standard InChI is InChI=1S/C11H13NO4/c1-8(13)12(2)9-3-5-10(6-4-9)16-7-11(14)15/h3-6H,7H2,1-2H3,(H,14,15). The van der Waals surface area contributed by atoms with Crippen LogP contribution in [0.5, 0.6) is 5.75 Å². The first-order valence-corrected chi connectivity index (χ1v) is 4.69. The van der Waals surface area contributed by atoms with Crippen molar-refractivity contribution in [3.8, 4) is 5.75 Å². The van der Waals surface area contributed by atoms with E-state index in [9.17, 15) is 9.59 Å². The molecule has 5 nitrogen and oxygen atoms in total. The summed E-state index contributed by atoms with van der Waals surface area (Å²) in [5.41, 5.74) is 0.732. The van der Waals surface area contributed by atoms with E-state index < -0.39 is 5.97 Å². The Bertz CT molecular complexity index is 385. The van der Waals surface area contributed by atoms with E-state index in [2.05, 4.69) is 0 Å². The van der Waals surface area contributed by atoms with Gasteiger partial charge in [0.15, 0.2) is 6.61 Å². The maximum atomic E-state index is 11.1. The Hall–Kier alpha value is -2.04. The second-order valence-corrected chi connectivity index (χ2v) is 3.25. The number of nitrogens with zero attached hydrogens (tertiary/aromatic N) is 1. The lowest BCUT2D eigenvalue weighted by atomic mass is 10.3. The van der Waals surface area contributed by atoms with E-state index in [4.69, 9.17) is 9.84 Å². The molecule has 0 aromatic heterocycles. The summed E-state index contributed by atoms with van der Waals surface area (Å²) in [4.78, 5) is 22.8. The van der Waals surface area contributed by atoms with Crippen LogP contribution in [0.3, 0.4) is 0 Å². The maximum absolute atomic E-state index is 11.1. The highest BCUT2D eigenvalue weighted by Crippen LogP contribution is 2.18. The number of carboxylic acids is 1. The average molecular weight is 223 g/mol. The van der Waals surface area contributed by atoms with Gasteiger partial charge in [0.2, 0.25) is 5.91 Å². The molecule has 0 fully saturated rings. The van der Waals surface area contributed by atoms with Crippen molar-refractivity contribution in [3.63, 3.8) is 0 Å². The lowest BCUT2D eigenvalue weighted by Crippen LogP contribution is -2.22. The third-order valence-corrected chi connectivity index (χ3v) is 2.06. The SMILES string of the molecule is CC(=O)N(C)c1ccc(OCC(=O)O)cc1. The Kier molecular flexibility index (Phi) is 3.88. The number of benzene rings is 1. The molecule has 0 aliphatic heterocycles. The van der Waals surface area contributed by atoms with Crippen LogP contribution in [0.2, 0.25) is 0 Å². The first kappa shape index (κ1) is 12.0. The van der Waals surface area contributed by atoms with Gasteiger partial charge in [0, 0.05) is 19.7 Å². The quantitative estimate of drug-likeness (QED) is 0.831. The topological polar surface area (TPSA) is 66.8 Å². The Morgan fingerprint density at radius 3 is 2.31 bits per heavy atom. The van der Waals surface area contributed by atoms with Gasteiger partial charge in [0.05, 0.1) is 0 Å². The molecule has 0 saturated heterocycles. The zero-order chi connectivity index (χ0) is 12.1. The third-order valence-electron chi connectivity index (χ3n) is 2.06. The second-order valence-electron chi connectivity index (χ2n) is 3.25. The summed E-state index contributed by atoms with van der Waals surface area (Å²) in [5.74, 6) is -0.632. The molecule has 0 aliphatic carbocycles. The van der Waals surface area contributed by atoms with Gasteiger partial charge in [-0.2, -0.15) is 0 Å². The Labute approximate surface area is 93.2 Å². The fourth-order valence-corrected chi connectivity index (χ4v) is 1.09. The van der Waals surface area contributed by atoms with Gasteiger partial charge in [-0.25, -0.2) is 4.79 Å². The predicted octanol–water partition coefficient (Wildman–Crippen LogP) is 1.13. The molecule has 1 N–H and O–H groups in total. The summed E-state index contributed by atoms with van der Waals surface area (Å²) < 4.78 is 4.96. The number of aliphatic carboxylic acids is 1. The van der Waals surface area contributed by atoms with Gasteiger partial charge < -0.3 is 14.7 Å². The van der Waals surface area contributed by atoms with Crippen LogP contribution in [0, 0.1) is 0 Å². The van der Waals surface area contributed by atoms with Gasteiger partial charge >= 0.3 is 5.97 Å². The van der Waals surface area contributed by atoms with Crippen molar-refractivity contribution in [2.75, 3.05) is 18.6 Å². The second kappa shape index (κ2) is 5.16. The third kappa shape index (κ3) is 3.27. The summed E-state index contributed by atoms with van der Waals surface area (Å²) in [6.07, 6.45) is 0. The molecule has 0 heterocycles. The highest BCUT2D eigenvalue weighted by Gasteiger charge is 2.05. The fraction of sp³-hybridized carbons (Fsp3) is 0.273. The van der Waals surface area contributed by atoms with Gasteiger partial charge in [-0.3, -0.25) is 4.79 Å². The molecule has 0 saturated carbocycles. The predicted molar refractivity (Wildman–Crippen MR) is 58.7 cm³/mol. The molecule has 1 aromatic rings. The van der Waals surface area contributed by atoms with Gasteiger partial charge in [-0.15, -0.1) is 0 Å². The maximum Gasteiger partial charge on any atom is 0.341 e. The summed E-state index contributed by atoms with van der Waals surface area (Å²) in [6, 6.07) is 6.63. The smallest absolute Gasteiger partial charge is 0.341 e. The van der Waals surface area contributed by atoms with E-state index in [0.717, 1.165) is 5.69 Å². The summed E-state index contributed by atoms with van der Waals surface area (Å²) in [6.45, 7) is 1.09. The van der Waals surface area contributed by atoms with Crippen molar-refractivity contribution in [1.82, 2.24) is 0 Å². The van der Waals surface area contributed by atoms with Crippen LogP contribution >= 0.6 is 0 Å². The number of carbonyl (C=O) groups is 2. The molecule has 0 atom stereocenters. The number of anilines is 1. The fourth-order valence-electron chi connectivity index (χ4n) is 1.09. The van der Waals surface area contributed by atoms with Gasteiger partial charge in [-0.05, 0) is 24.3 Å².